The molecule has 6 heteroatoms. The number of esters is 1. The third-order valence-corrected chi connectivity index (χ3v) is 5.34. The molecular weight excluding hydrogens is 328 g/mol. The average molecular weight is 351 g/mol. The smallest absolute Gasteiger partial charge is 0.341 e. The first-order valence-electron chi connectivity index (χ1n) is 8.26. The van der Waals surface area contributed by atoms with Crippen LogP contribution in [-0.2, 0) is 9.53 Å². The van der Waals surface area contributed by atoms with Crippen molar-refractivity contribution in [2.45, 2.75) is 46.1 Å². The molecule has 0 unspecified atom stereocenters. The van der Waals surface area contributed by atoms with E-state index in [0.29, 0.717) is 0 Å². The largest absolute Gasteiger partial charge is 0.452 e. The molecule has 130 valence electrons. The van der Waals surface area contributed by atoms with E-state index >= 15 is 0 Å². The van der Waals surface area contributed by atoms with Crippen molar-refractivity contribution in [3.8, 4) is 0 Å². The molecule has 1 aliphatic carbocycles. The standard InChI is InChI=1S/C18H23ClN2O3/c1-17(2)7-12-8-18(3,10-17)11-21(12)14(22)9-24-16(23)13-5-4-6-20-15(13)19/h4-6,12H,7-11H2,1-3H3/t12-,18-/m1/s1. The number of hydrogen-bond donors (Lipinski definition) is 0. The molecule has 5 nitrogen and oxygen atoms in total. The normalized spacial score (nSPS) is 27.8. The molecule has 1 aliphatic heterocycles. The maximum absolute atomic E-state index is 12.6. The molecule has 0 aromatic carbocycles. The zero-order valence-corrected chi connectivity index (χ0v) is 15.1. The van der Waals surface area contributed by atoms with Gasteiger partial charge in [0.15, 0.2) is 6.61 Å². The third kappa shape index (κ3) is 3.41. The van der Waals surface area contributed by atoms with Crippen molar-refractivity contribution in [2.24, 2.45) is 10.8 Å². The summed E-state index contributed by atoms with van der Waals surface area (Å²) in [7, 11) is 0. The summed E-state index contributed by atoms with van der Waals surface area (Å²) in [5, 5.41) is 0.0845. The number of nitrogens with zero attached hydrogens (tertiary/aromatic N) is 2. The van der Waals surface area contributed by atoms with Gasteiger partial charge in [0.25, 0.3) is 5.91 Å². The number of amides is 1. The minimum Gasteiger partial charge on any atom is -0.452 e. The number of halogens is 1. The number of fused-ring (bicyclic) bond motifs is 2. The summed E-state index contributed by atoms with van der Waals surface area (Å²) < 4.78 is 5.16. The molecular formula is C18H23ClN2O3. The van der Waals surface area contributed by atoms with E-state index in [1.807, 2.05) is 4.90 Å². The van der Waals surface area contributed by atoms with Crippen molar-refractivity contribution >= 4 is 23.5 Å². The molecule has 0 spiro atoms. The Bertz CT molecular complexity index is 676. The van der Waals surface area contributed by atoms with Gasteiger partial charge in [-0.25, -0.2) is 9.78 Å². The molecule has 2 aliphatic rings. The molecule has 24 heavy (non-hydrogen) atoms. The Morgan fingerprint density at radius 2 is 2.12 bits per heavy atom. The monoisotopic (exact) mass is 350 g/mol. The van der Waals surface area contributed by atoms with Crippen LogP contribution in [0.25, 0.3) is 0 Å². The second-order valence-electron chi connectivity index (χ2n) is 8.15. The molecule has 1 saturated carbocycles. The van der Waals surface area contributed by atoms with Crippen LogP contribution in [0.4, 0.5) is 0 Å². The number of aromatic nitrogens is 1. The Labute approximate surface area is 147 Å². The van der Waals surface area contributed by atoms with E-state index in [1.165, 1.54) is 12.3 Å². The predicted octanol–water partition coefficient (Wildman–Crippen LogP) is 3.32. The van der Waals surface area contributed by atoms with E-state index in [4.69, 9.17) is 16.3 Å². The highest BCUT2D eigenvalue weighted by atomic mass is 35.5. The van der Waals surface area contributed by atoms with Gasteiger partial charge in [0.2, 0.25) is 0 Å². The molecule has 2 bridgehead atoms. The van der Waals surface area contributed by atoms with Gasteiger partial charge in [-0.05, 0) is 42.2 Å². The van der Waals surface area contributed by atoms with Crippen LogP contribution in [0.1, 0.15) is 50.4 Å². The van der Waals surface area contributed by atoms with Crippen molar-refractivity contribution < 1.29 is 14.3 Å². The van der Waals surface area contributed by atoms with E-state index in [-0.39, 0.29) is 40.1 Å². The summed E-state index contributed by atoms with van der Waals surface area (Å²) in [5.41, 5.74) is 0.589. The van der Waals surface area contributed by atoms with Crippen molar-refractivity contribution in [3.63, 3.8) is 0 Å². The molecule has 2 fully saturated rings. The fraction of sp³-hybridized carbons (Fsp3) is 0.611. The Hall–Kier alpha value is -1.62. The average Bonchev–Trinajstić information content (AvgIpc) is 2.74. The highest BCUT2D eigenvalue weighted by Gasteiger charge is 2.50. The lowest BCUT2D eigenvalue weighted by molar-refractivity contribution is -0.135. The second-order valence-corrected chi connectivity index (χ2v) is 8.51. The molecule has 2 heterocycles. The van der Waals surface area contributed by atoms with Gasteiger partial charge in [-0.3, -0.25) is 4.79 Å². The minimum absolute atomic E-state index is 0.0845. The van der Waals surface area contributed by atoms with E-state index < -0.39 is 5.97 Å². The maximum atomic E-state index is 12.6. The number of pyridine rings is 1. The van der Waals surface area contributed by atoms with E-state index in [9.17, 15) is 9.59 Å². The van der Waals surface area contributed by atoms with Crippen LogP contribution in [0.15, 0.2) is 18.3 Å². The quantitative estimate of drug-likeness (QED) is 0.619. The predicted molar refractivity (Wildman–Crippen MR) is 90.8 cm³/mol. The van der Waals surface area contributed by atoms with Crippen molar-refractivity contribution in [1.82, 2.24) is 9.88 Å². The Morgan fingerprint density at radius 3 is 2.83 bits per heavy atom. The Kier molecular flexibility index (Phi) is 4.32. The molecule has 3 rings (SSSR count). The highest BCUT2D eigenvalue weighted by Crippen LogP contribution is 2.52. The summed E-state index contributed by atoms with van der Waals surface area (Å²) in [4.78, 5) is 30.4. The highest BCUT2D eigenvalue weighted by molar-refractivity contribution is 6.32. The third-order valence-electron chi connectivity index (χ3n) is 5.04. The molecule has 0 radical (unpaired) electrons. The van der Waals surface area contributed by atoms with E-state index in [1.54, 1.807) is 6.07 Å². The van der Waals surface area contributed by atoms with E-state index in [2.05, 4.69) is 25.8 Å². The van der Waals surface area contributed by atoms with Crippen LogP contribution in [0.5, 0.6) is 0 Å². The fourth-order valence-corrected chi connectivity index (χ4v) is 4.77. The molecule has 1 aromatic rings. The van der Waals surface area contributed by atoms with Gasteiger partial charge in [-0.2, -0.15) is 0 Å². The SMILES string of the molecule is CC1(C)C[C@@H]2C[C@@](C)(CN2C(=O)COC(=O)c2cccnc2Cl)C1. The number of likely N-dealkylation sites (tertiary alicyclic amines) is 1. The molecule has 2 atom stereocenters. The topological polar surface area (TPSA) is 59.5 Å². The molecule has 1 aromatic heterocycles. The number of rotatable bonds is 3. The number of carbonyl (C=O) groups excluding carboxylic acids is 2. The maximum Gasteiger partial charge on any atom is 0.341 e. The minimum atomic E-state index is -0.616. The lowest BCUT2D eigenvalue weighted by Gasteiger charge is -2.39. The van der Waals surface area contributed by atoms with E-state index in [0.717, 1.165) is 25.8 Å². The van der Waals surface area contributed by atoms with Crippen LogP contribution < -0.4 is 0 Å². The van der Waals surface area contributed by atoms with Gasteiger partial charge >= 0.3 is 5.97 Å². The molecule has 1 amide bonds. The first kappa shape index (κ1) is 17.2. The summed E-state index contributed by atoms with van der Waals surface area (Å²) >= 11 is 5.88. The van der Waals surface area contributed by atoms with Crippen molar-refractivity contribution in [3.05, 3.63) is 29.0 Å². The van der Waals surface area contributed by atoms with Crippen LogP contribution in [-0.4, -0.2) is 41.0 Å². The van der Waals surface area contributed by atoms with Gasteiger partial charge in [-0.1, -0.05) is 32.4 Å². The summed E-state index contributed by atoms with van der Waals surface area (Å²) in [5.74, 6) is -0.745. The van der Waals surface area contributed by atoms with Gasteiger partial charge in [0.1, 0.15) is 5.15 Å². The van der Waals surface area contributed by atoms with Gasteiger partial charge in [-0.15, -0.1) is 0 Å². The molecule has 0 N–H and O–H groups in total. The van der Waals surface area contributed by atoms with Gasteiger partial charge < -0.3 is 9.64 Å². The van der Waals surface area contributed by atoms with Crippen LogP contribution in [0.3, 0.4) is 0 Å². The summed E-state index contributed by atoms with van der Waals surface area (Å²) in [6, 6.07) is 3.39. The Balaban J connectivity index is 1.62. The van der Waals surface area contributed by atoms with Crippen LogP contribution in [0, 0.1) is 10.8 Å². The second kappa shape index (κ2) is 6.03. The zero-order valence-electron chi connectivity index (χ0n) is 14.3. The van der Waals surface area contributed by atoms with Crippen molar-refractivity contribution in [2.75, 3.05) is 13.2 Å². The number of hydrogen-bond acceptors (Lipinski definition) is 4. The molecule has 1 saturated heterocycles. The first-order chi connectivity index (χ1) is 11.2. The summed E-state index contributed by atoms with van der Waals surface area (Å²) in [6.45, 7) is 7.25. The summed E-state index contributed by atoms with van der Waals surface area (Å²) in [6.07, 6.45) is 4.64. The van der Waals surface area contributed by atoms with Crippen LogP contribution >= 0.6 is 11.6 Å². The fourth-order valence-electron chi connectivity index (χ4n) is 4.58. The van der Waals surface area contributed by atoms with Crippen molar-refractivity contribution in [1.29, 1.82) is 0 Å². The van der Waals surface area contributed by atoms with Gasteiger partial charge in [0.05, 0.1) is 5.56 Å². The lowest BCUT2D eigenvalue weighted by Crippen LogP contribution is -2.39. The van der Waals surface area contributed by atoms with Crippen LogP contribution in [0.2, 0.25) is 5.15 Å². The van der Waals surface area contributed by atoms with Gasteiger partial charge in [0, 0.05) is 18.8 Å². The number of carbonyl (C=O) groups is 2. The lowest BCUT2D eigenvalue weighted by atomic mass is 9.65. The zero-order chi connectivity index (χ0) is 17.5. The number of ether oxygens (including phenoxy) is 1. The first-order valence-corrected chi connectivity index (χ1v) is 8.64. The Morgan fingerprint density at radius 1 is 1.38 bits per heavy atom.